The molecular formula is C11H18BrN3O2. The number of esters is 1. The van der Waals surface area contributed by atoms with E-state index in [-0.39, 0.29) is 5.97 Å². The second-order valence-electron chi connectivity index (χ2n) is 3.94. The van der Waals surface area contributed by atoms with Crippen molar-refractivity contribution in [2.75, 3.05) is 13.2 Å². The minimum absolute atomic E-state index is 0.256. The summed E-state index contributed by atoms with van der Waals surface area (Å²) in [7, 11) is 0. The van der Waals surface area contributed by atoms with Crippen LogP contribution in [0.4, 0.5) is 0 Å². The molecule has 1 atom stereocenters. The number of nitrogens with one attached hydrogen (secondary N) is 1. The van der Waals surface area contributed by atoms with E-state index in [2.05, 4.69) is 26.3 Å². The van der Waals surface area contributed by atoms with Gasteiger partial charge in [0.2, 0.25) is 0 Å². The highest BCUT2D eigenvalue weighted by Gasteiger charge is 2.34. The number of halogens is 1. The molecule has 5 nitrogen and oxygen atoms in total. The topological polar surface area (TPSA) is 56.2 Å². The fourth-order valence-electron chi connectivity index (χ4n) is 1.62. The summed E-state index contributed by atoms with van der Waals surface area (Å²) in [6, 6.07) is 0. The quantitative estimate of drug-likeness (QED) is 0.811. The SMILES string of the molecule is CCNC(C)(Cn1cc(Br)cn1)C(=O)OCC. The molecule has 0 aliphatic rings. The summed E-state index contributed by atoms with van der Waals surface area (Å²) in [5, 5.41) is 7.30. The van der Waals surface area contributed by atoms with Crippen molar-refractivity contribution in [3.05, 3.63) is 16.9 Å². The molecule has 0 saturated heterocycles. The monoisotopic (exact) mass is 303 g/mol. The van der Waals surface area contributed by atoms with E-state index in [0.717, 1.165) is 4.47 Å². The summed E-state index contributed by atoms with van der Waals surface area (Å²) in [5.41, 5.74) is -0.754. The number of rotatable bonds is 6. The van der Waals surface area contributed by atoms with E-state index in [4.69, 9.17) is 4.74 Å². The molecule has 1 unspecified atom stereocenters. The lowest BCUT2D eigenvalue weighted by Gasteiger charge is -2.27. The lowest BCUT2D eigenvalue weighted by molar-refractivity contribution is -0.151. The summed E-state index contributed by atoms with van der Waals surface area (Å²) >= 11 is 3.33. The first-order valence-corrected chi connectivity index (χ1v) is 6.41. The van der Waals surface area contributed by atoms with Crippen LogP contribution in [0, 0.1) is 0 Å². The van der Waals surface area contributed by atoms with Gasteiger partial charge in [-0.15, -0.1) is 0 Å². The number of hydrogen-bond donors (Lipinski definition) is 1. The molecule has 96 valence electrons. The van der Waals surface area contributed by atoms with Gasteiger partial charge in [-0.25, -0.2) is 4.79 Å². The van der Waals surface area contributed by atoms with Crippen LogP contribution in [0.3, 0.4) is 0 Å². The van der Waals surface area contributed by atoms with Crippen molar-refractivity contribution >= 4 is 21.9 Å². The zero-order valence-corrected chi connectivity index (χ0v) is 12.0. The molecule has 1 aromatic rings. The second-order valence-corrected chi connectivity index (χ2v) is 4.85. The van der Waals surface area contributed by atoms with Gasteiger partial charge in [-0.3, -0.25) is 4.68 Å². The molecular weight excluding hydrogens is 286 g/mol. The first-order chi connectivity index (χ1) is 8.01. The standard InChI is InChI=1S/C11H18BrN3O2/c1-4-13-11(3,10(16)17-5-2)8-15-7-9(12)6-14-15/h6-7,13H,4-5,8H2,1-3H3. The van der Waals surface area contributed by atoms with E-state index in [0.29, 0.717) is 19.7 Å². The number of nitrogens with zero attached hydrogens (tertiary/aromatic N) is 2. The first-order valence-electron chi connectivity index (χ1n) is 5.62. The first kappa shape index (κ1) is 14.2. The third kappa shape index (κ3) is 3.81. The zero-order chi connectivity index (χ0) is 12.9. The van der Waals surface area contributed by atoms with Gasteiger partial charge in [0.05, 0.1) is 23.8 Å². The van der Waals surface area contributed by atoms with E-state index < -0.39 is 5.54 Å². The second kappa shape index (κ2) is 6.16. The summed E-state index contributed by atoms with van der Waals surface area (Å²) in [5.74, 6) is -0.256. The van der Waals surface area contributed by atoms with Crippen LogP contribution < -0.4 is 5.32 Å². The van der Waals surface area contributed by atoms with Crippen molar-refractivity contribution in [1.29, 1.82) is 0 Å². The Balaban J connectivity index is 2.80. The van der Waals surface area contributed by atoms with Crippen LogP contribution in [0.15, 0.2) is 16.9 Å². The molecule has 1 heterocycles. The molecule has 1 rings (SSSR count). The molecule has 17 heavy (non-hydrogen) atoms. The molecule has 6 heteroatoms. The van der Waals surface area contributed by atoms with E-state index in [1.165, 1.54) is 0 Å². The summed E-state index contributed by atoms with van der Waals surface area (Å²) in [6.45, 7) is 7.08. The number of likely N-dealkylation sites (N-methyl/N-ethyl adjacent to an activating group) is 1. The van der Waals surface area contributed by atoms with Crippen molar-refractivity contribution in [3.63, 3.8) is 0 Å². The maximum atomic E-state index is 11.9. The van der Waals surface area contributed by atoms with Gasteiger partial charge in [0.15, 0.2) is 0 Å². The summed E-state index contributed by atoms with van der Waals surface area (Å²) < 4.78 is 7.69. The molecule has 1 aromatic heterocycles. The fraction of sp³-hybridized carbons (Fsp3) is 0.636. The maximum absolute atomic E-state index is 11.9. The van der Waals surface area contributed by atoms with Gasteiger partial charge in [0.1, 0.15) is 5.54 Å². The van der Waals surface area contributed by atoms with E-state index in [1.54, 1.807) is 17.8 Å². The highest BCUT2D eigenvalue weighted by Crippen LogP contribution is 2.13. The van der Waals surface area contributed by atoms with Gasteiger partial charge >= 0.3 is 5.97 Å². The maximum Gasteiger partial charge on any atom is 0.327 e. The Kier molecular flexibility index (Phi) is 5.14. The minimum atomic E-state index is -0.754. The van der Waals surface area contributed by atoms with E-state index in [9.17, 15) is 4.79 Å². The Morgan fingerprint density at radius 3 is 2.82 bits per heavy atom. The molecule has 0 bridgehead atoms. The van der Waals surface area contributed by atoms with E-state index >= 15 is 0 Å². The van der Waals surface area contributed by atoms with Crippen LogP contribution in [-0.4, -0.2) is 34.4 Å². The van der Waals surface area contributed by atoms with Crippen LogP contribution in [0.1, 0.15) is 20.8 Å². The molecule has 0 aliphatic carbocycles. The lowest BCUT2D eigenvalue weighted by atomic mass is 10.0. The van der Waals surface area contributed by atoms with Gasteiger partial charge in [-0.1, -0.05) is 6.92 Å². The fourth-order valence-corrected chi connectivity index (χ4v) is 1.95. The zero-order valence-electron chi connectivity index (χ0n) is 10.4. The van der Waals surface area contributed by atoms with Gasteiger partial charge < -0.3 is 10.1 Å². The highest BCUT2D eigenvalue weighted by molar-refractivity contribution is 9.10. The number of hydrogen-bond acceptors (Lipinski definition) is 4. The molecule has 0 fully saturated rings. The van der Waals surface area contributed by atoms with Gasteiger partial charge in [0, 0.05) is 6.20 Å². The van der Waals surface area contributed by atoms with Crippen LogP contribution in [0.25, 0.3) is 0 Å². The van der Waals surface area contributed by atoms with Crippen LogP contribution >= 0.6 is 15.9 Å². The predicted octanol–water partition coefficient (Wildman–Crippen LogP) is 1.58. The molecule has 1 N–H and O–H groups in total. The van der Waals surface area contributed by atoms with Crippen molar-refractivity contribution in [1.82, 2.24) is 15.1 Å². The number of aromatic nitrogens is 2. The van der Waals surface area contributed by atoms with Crippen molar-refractivity contribution < 1.29 is 9.53 Å². The molecule has 0 aliphatic heterocycles. The Morgan fingerprint density at radius 2 is 2.35 bits per heavy atom. The predicted molar refractivity (Wildman–Crippen MR) is 68.6 cm³/mol. The summed E-state index contributed by atoms with van der Waals surface area (Å²) in [6.07, 6.45) is 3.52. The Bertz CT molecular complexity index is 381. The lowest BCUT2D eigenvalue weighted by Crippen LogP contribution is -2.53. The van der Waals surface area contributed by atoms with Crippen LogP contribution in [0.5, 0.6) is 0 Å². The number of carbonyl (C=O) groups is 1. The Labute approximate surface area is 110 Å². The normalized spacial score (nSPS) is 14.4. The Hall–Kier alpha value is -0.880. The average molecular weight is 304 g/mol. The number of carbonyl (C=O) groups excluding carboxylic acids is 1. The molecule has 0 spiro atoms. The van der Waals surface area contributed by atoms with Gasteiger partial charge in [-0.2, -0.15) is 5.10 Å². The van der Waals surface area contributed by atoms with Crippen molar-refractivity contribution in [2.24, 2.45) is 0 Å². The van der Waals surface area contributed by atoms with Crippen molar-refractivity contribution in [2.45, 2.75) is 32.9 Å². The summed E-state index contributed by atoms with van der Waals surface area (Å²) in [4.78, 5) is 11.9. The molecule has 0 radical (unpaired) electrons. The van der Waals surface area contributed by atoms with Gasteiger partial charge in [-0.05, 0) is 36.3 Å². The highest BCUT2D eigenvalue weighted by atomic mass is 79.9. The third-order valence-electron chi connectivity index (χ3n) is 2.37. The minimum Gasteiger partial charge on any atom is -0.465 e. The Morgan fingerprint density at radius 1 is 1.65 bits per heavy atom. The average Bonchev–Trinajstić information content (AvgIpc) is 2.64. The van der Waals surface area contributed by atoms with Gasteiger partial charge in [0.25, 0.3) is 0 Å². The number of ether oxygens (including phenoxy) is 1. The molecule has 0 aromatic carbocycles. The van der Waals surface area contributed by atoms with Crippen LogP contribution in [0.2, 0.25) is 0 Å². The molecule has 0 saturated carbocycles. The largest absolute Gasteiger partial charge is 0.465 e. The third-order valence-corrected chi connectivity index (χ3v) is 2.78. The van der Waals surface area contributed by atoms with Crippen molar-refractivity contribution in [3.8, 4) is 0 Å². The van der Waals surface area contributed by atoms with Crippen LogP contribution in [-0.2, 0) is 16.1 Å². The smallest absolute Gasteiger partial charge is 0.327 e. The molecule has 0 amide bonds. The van der Waals surface area contributed by atoms with E-state index in [1.807, 2.05) is 20.0 Å².